The van der Waals surface area contributed by atoms with Gasteiger partial charge in [0, 0.05) is 38.4 Å². The molecule has 0 spiro atoms. The van der Waals surface area contributed by atoms with Crippen LogP contribution in [-0.4, -0.2) is 50.8 Å². The summed E-state index contributed by atoms with van der Waals surface area (Å²) >= 11 is 0. The highest BCUT2D eigenvalue weighted by Crippen LogP contribution is 2.26. The average molecular weight is 231 g/mol. The Morgan fingerprint density at radius 1 is 1.18 bits per heavy atom. The zero-order valence-corrected chi connectivity index (χ0v) is 10.2. The van der Waals surface area contributed by atoms with Gasteiger partial charge < -0.3 is 9.64 Å². The normalized spacial score (nSPS) is 20.6. The van der Waals surface area contributed by atoms with E-state index in [0.29, 0.717) is 0 Å². The largest absolute Gasteiger partial charge is 0.379 e. The van der Waals surface area contributed by atoms with Gasteiger partial charge in [0.25, 0.3) is 0 Å². The molecule has 1 fully saturated rings. The van der Waals surface area contributed by atoms with Gasteiger partial charge in [0.2, 0.25) is 0 Å². The summed E-state index contributed by atoms with van der Waals surface area (Å²) in [7, 11) is 0. The second kappa shape index (κ2) is 5.07. The van der Waals surface area contributed by atoms with Crippen molar-refractivity contribution >= 4 is 5.69 Å². The van der Waals surface area contributed by atoms with E-state index in [4.69, 9.17) is 4.74 Å². The van der Waals surface area contributed by atoms with Crippen LogP contribution in [0, 0.1) is 6.07 Å². The summed E-state index contributed by atoms with van der Waals surface area (Å²) in [5.41, 5.74) is 2.87. The molecule has 2 heterocycles. The van der Waals surface area contributed by atoms with Gasteiger partial charge in [0.15, 0.2) is 0 Å². The van der Waals surface area contributed by atoms with Crippen LogP contribution in [0.5, 0.6) is 0 Å². The first-order valence-electron chi connectivity index (χ1n) is 6.47. The van der Waals surface area contributed by atoms with Crippen molar-refractivity contribution in [2.24, 2.45) is 0 Å². The van der Waals surface area contributed by atoms with E-state index >= 15 is 0 Å². The molecule has 2 aliphatic rings. The lowest BCUT2D eigenvalue weighted by Crippen LogP contribution is -2.41. The van der Waals surface area contributed by atoms with E-state index in [2.05, 4.69) is 28.0 Å². The molecule has 3 nitrogen and oxygen atoms in total. The molecule has 0 N–H and O–H groups in total. The summed E-state index contributed by atoms with van der Waals surface area (Å²) in [4.78, 5) is 4.98. The Morgan fingerprint density at radius 2 is 2.06 bits per heavy atom. The van der Waals surface area contributed by atoms with Crippen LogP contribution in [0.25, 0.3) is 0 Å². The molecule has 0 aromatic heterocycles. The quantitative estimate of drug-likeness (QED) is 0.777. The van der Waals surface area contributed by atoms with Crippen molar-refractivity contribution < 1.29 is 4.74 Å². The molecule has 0 atom stereocenters. The number of nitrogens with zero attached hydrogens (tertiary/aromatic N) is 2. The predicted molar refractivity (Wildman–Crippen MR) is 68.5 cm³/mol. The third-order valence-electron chi connectivity index (χ3n) is 3.71. The number of fused-ring (bicyclic) bond motifs is 1. The molecule has 0 unspecified atom stereocenters. The van der Waals surface area contributed by atoms with Gasteiger partial charge in [-0.05, 0) is 24.1 Å². The average Bonchev–Trinajstić information content (AvgIpc) is 2.81. The second-order valence-electron chi connectivity index (χ2n) is 4.75. The Labute approximate surface area is 103 Å². The molecule has 2 aliphatic heterocycles. The van der Waals surface area contributed by atoms with Crippen molar-refractivity contribution in [2.75, 3.05) is 50.8 Å². The van der Waals surface area contributed by atoms with E-state index in [-0.39, 0.29) is 0 Å². The van der Waals surface area contributed by atoms with E-state index in [0.717, 1.165) is 45.9 Å². The van der Waals surface area contributed by atoms with Crippen LogP contribution in [0.15, 0.2) is 18.2 Å². The monoisotopic (exact) mass is 231 g/mol. The highest BCUT2D eigenvalue weighted by atomic mass is 16.5. The lowest BCUT2D eigenvalue weighted by Gasteiger charge is -2.29. The van der Waals surface area contributed by atoms with Gasteiger partial charge in [-0.3, -0.25) is 4.90 Å². The number of hydrogen-bond donors (Lipinski definition) is 0. The second-order valence-corrected chi connectivity index (χ2v) is 4.75. The molecule has 3 rings (SSSR count). The summed E-state index contributed by atoms with van der Waals surface area (Å²) in [6, 6.07) is 9.53. The fourth-order valence-electron chi connectivity index (χ4n) is 2.65. The minimum Gasteiger partial charge on any atom is -0.379 e. The third kappa shape index (κ3) is 2.45. The topological polar surface area (TPSA) is 15.7 Å². The van der Waals surface area contributed by atoms with Gasteiger partial charge in [-0.1, -0.05) is 12.1 Å². The molecule has 3 heteroatoms. The van der Waals surface area contributed by atoms with E-state index in [1.807, 2.05) is 6.07 Å². The van der Waals surface area contributed by atoms with Gasteiger partial charge in [-0.2, -0.15) is 0 Å². The summed E-state index contributed by atoms with van der Waals surface area (Å²) in [5, 5.41) is 0. The highest BCUT2D eigenvalue weighted by molar-refractivity contribution is 5.57. The van der Waals surface area contributed by atoms with Crippen LogP contribution in [0.2, 0.25) is 0 Å². The zero-order valence-electron chi connectivity index (χ0n) is 10.2. The Balaban J connectivity index is 1.56. The third-order valence-corrected chi connectivity index (χ3v) is 3.71. The van der Waals surface area contributed by atoms with Crippen molar-refractivity contribution in [1.29, 1.82) is 0 Å². The Morgan fingerprint density at radius 3 is 2.94 bits per heavy atom. The Kier molecular flexibility index (Phi) is 3.29. The van der Waals surface area contributed by atoms with E-state index in [1.54, 1.807) is 0 Å². The predicted octanol–water partition coefficient (Wildman–Crippen LogP) is 1.18. The van der Waals surface area contributed by atoms with E-state index in [1.165, 1.54) is 17.7 Å². The molecule has 91 valence electrons. The fraction of sp³-hybridized carbons (Fsp3) is 0.571. The maximum absolute atomic E-state index is 5.37. The number of anilines is 1. The lowest BCUT2D eigenvalue weighted by molar-refractivity contribution is 0.0392. The molecule has 0 aliphatic carbocycles. The minimum atomic E-state index is 0.893. The zero-order chi connectivity index (χ0) is 11.5. The van der Waals surface area contributed by atoms with Gasteiger partial charge in [-0.15, -0.1) is 0 Å². The summed E-state index contributed by atoms with van der Waals surface area (Å²) in [6.07, 6.45) is 1.19. The molecule has 17 heavy (non-hydrogen) atoms. The van der Waals surface area contributed by atoms with Gasteiger partial charge in [0.1, 0.15) is 0 Å². The van der Waals surface area contributed by atoms with Crippen LogP contribution in [0.4, 0.5) is 5.69 Å². The number of rotatable bonds is 3. The van der Waals surface area contributed by atoms with Crippen LogP contribution in [0.3, 0.4) is 0 Å². The van der Waals surface area contributed by atoms with E-state index < -0.39 is 0 Å². The molecular formula is C14H19N2O. The fourth-order valence-corrected chi connectivity index (χ4v) is 2.65. The number of ether oxygens (including phenoxy) is 1. The SMILES string of the molecule is [c]1ccc2c(c1)N(CCN1CCOCC1)CC2. The van der Waals surface area contributed by atoms with Gasteiger partial charge in [0.05, 0.1) is 13.2 Å². The van der Waals surface area contributed by atoms with Crippen LogP contribution in [0.1, 0.15) is 5.56 Å². The molecule has 0 saturated carbocycles. The number of hydrogen-bond acceptors (Lipinski definition) is 3. The van der Waals surface area contributed by atoms with Gasteiger partial charge in [-0.25, -0.2) is 0 Å². The molecule has 0 bridgehead atoms. The molecule has 0 amide bonds. The first-order valence-corrected chi connectivity index (χ1v) is 6.47. The maximum atomic E-state index is 5.37. The van der Waals surface area contributed by atoms with Crippen LogP contribution in [-0.2, 0) is 11.2 Å². The van der Waals surface area contributed by atoms with Crippen molar-refractivity contribution in [3.8, 4) is 0 Å². The van der Waals surface area contributed by atoms with Gasteiger partial charge >= 0.3 is 0 Å². The summed E-state index contributed by atoms with van der Waals surface area (Å²) in [5.74, 6) is 0. The molecular weight excluding hydrogens is 212 g/mol. The molecule has 1 saturated heterocycles. The van der Waals surface area contributed by atoms with Crippen LogP contribution >= 0.6 is 0 Å². The molecule has 1 radical (unpaired) electrons. The Bertz CT molecular complexity index is 374. The van der Waals surface area contributed by atoms with Crippen molar-refractivity contribution in [2.45, 2.75) is 6.42 Å². The van der Waals surface area contributed by atoms with Crippen LogP contribution < -0.4 is 4.90 Å². The first kappa shape index (κ1) is 11.1. The molecule has 1 aromatic rings. The summed E-state index contributed by atoms with van der Waals surface area (Å²) < 4.78 is 5.37. The number of morpholine rings is 1. The lowest BCUT2D eigenvalue weighted by atomic mass is 10.2. The van der Waals surface area contributed by atoms with Crippen molar-refractivity contribution in [3.05, 3.63) is 29.8 Å². The summed E-state index contributed by atoms with van der Waals surface area (Å²) in [6.45, 7) is 7.40. The Hall–Kier alpha value is -1.06. The van der Waals surface area contributed by atoms with Crippen molar-refractivity contribution in [3.63, 3.8) is 0 Å². The smallest absolute Gasteiger partial charge is 0.0594 e. The number of benzene rings is 1. The maximum Gasteiger partial charge on any atom is 0.0594 e. The van der Waals surface area contributed by atoms with Crippen molar-refractivity contribution in [1.82, 2.24) is 4.90 Å². The standard InChI is InChI=1S/C14H19N2O/c1-2-4-14-13(3-1)5-6-16(14)8-7-15-9-11-17-12-10-15/h1,3-4H,5-12H2. The highest BCUT2D eigenvalue weighted by Gasteiger charge is 2.19. The van der Waals surface area contributed by atoms with E-state index in [9.17, 15) is 0 Å². The molecule has 1 aromatic carbocycles. The first-order chi connectivity index (χ1) is 8.43. The minimum absolute atomic E-state index is 0.893.